The van der Waals surface area contributed by atoms with E-state index < -0.39 is 11.7 Å². The van der Waals surface area contributed by atoms with Gasteiger partial charge in [-0.15, -0.1) is 0 Å². The molecule has 0 atom stereocenters. The Balaban J connectivity index is 1.52. The summed E-state index contributed by atoms with van der Waals surface area (Å²) in [5.41, 5.74) is 3.10. The fourth-order valence-corrected chi connectivity index (χ4v) is 3.43. The number of aromatic nitrogens is 2. The number of rotatable bonds is 4. The van der Waals surface area contributed by atoms with E-state index in [-0.39, 0.29) is 23.8 Å². The van der Waals surface area contributed by atoms with Gasteiger partial charge < -0.3 is 5.32 Å². The summed E-state index contributed by atoms with van der Waals surface area (Å²) in [7, 11) is 1.42. The van der Waals surface area contributed by atoms with Gasteiger partial charge in [-0.2, -0.15) is 0 Å². The Bertz CT molecular complexity index is 1190. The van der Waals surface area contributed by atoms with Crippen LogP contribution in [0.15, 0.2) is 48.9 Å². The van der Waals surface area contributed by atoms with Gasteiger partial charge in [0.15, 0.2) is 0 Å². The molecule has 0 fully saturated rings. The molecule has 0 saturated carbocycles. The molecule has 0 saturated heterocycles. The Kier molecular flexibility index (Phi) is 4.83. The standard InChI is InChI=1S/C22H17FN4O3/c1-12-5-14(20-17(6-12)21(29)27(2)22(20)30)8-19(28)26-18-4-3-13(10-25-18)15-7-16(23)11-24-9-15/h3-7,9-11H,8H2,1-2H3,(H,25,26,28). The number of amides is 3. The van der Waals surface area contributed by atoms with Gasteiger partial charge in [-0.05, 0) is 42.3 Å². The van der Waals surface area contributed by atoms with Crippen molar-refractivity contribution >= 4 is 23.5 Å². The van der Waals surface area contributed by atoms with Crippen molar-refractivity contribution in [1.82, 2.24) is 14.9 Å². The maximum atomic E-state index is 13.3. The number of hydrogen-bond donors (Lipinski definition) is 1. The first-order valence-corrected chi connectivity index (χ1v) is 9.16. The molecule has 0 aliphatic carbocycles. The molecule has 30 heavy (non-hydrogen) atoms. The highest BCUT2D eigenvalue weighted by molar-refractivity contribution is 6.22. The van der Waals surface area contributed by atoms with E-state index in [9.17, 15) is 18.8 Å². The first-order valence-electron chi connectivity index (χ1n) is 9.16. The van der Waals surface area contributed by atoms with Crippen molar-refractivity contribution in [2.24, 2.45) is 0 Å². The first-order chi connectivity index (χ1) is 14.3. The highest BCUT2D eigenvalue weighted by Gasteiger charge is 2.35. The Labute approximate surface area is 171 Å². The maximum Gasteiger partial charge on any atom is 0.261 e. The highest BCUT2D eigenvalue weighted by Crippen LogP contribution is 2.27. The van der Waals surface area contributed by atoms with Crippen LogP contribution in [0.1, 0.15) is 31.8 Å². The van der Waals surface area contributed by atoms with E-state index in [1.54, 1.807) is 31.2 Å². The molecule has 0 radical (unpaired) electrons. The summed E-state index contributed by atoms with van der Waals surface area (Å²) < 4.78 is 13.3. The van der Waals surface area contributed by atoms with Crippen molar-refractivity contribution in [3.8, 4) is 11.1 Å². The lowest BCUT2D eigenvalue weighted by Gasteiger charge is -2.09. The molecule has 8 heteroatoms. The number of nitrogens with zero attached hydrogens (tertiary/aromatic N) is 3. The predicted octanol–water partition coefficient (Wildman–Crippen LogP) is 3.00. The van der Waals surface area contributed by atoms with Crippen LogP contribution in [0.3, 0.4) is 0 Å². The van der Waals surface area contributed by atoms with Crippen molar-refractivity contribution in [3.05, 3.63) is 77.0 Å². The summed E-state index contributed by atoms with van der Waals surface area (Å²) in [4.78, 5) is 46.2. The van der Waals surface area contributed by atoms with E-state index in [2.05, 4.69) is 15.3 Å². The molecule has 0 bridgehead atoms. The number of pyridine rings is 2. The summed E-state index contributed by atoms with van der Waals surface area (Å²) in [5.74, 6) is -1.29. The smallest absolute Gasteiger partial charge is 0.261 e. The van der Waals surface area contributed by atoms with Gasteiger partial charge in [-0.25, -0.2) is 9.37 Å². The van der Waals surface area contributed by atoms with Gasteiger partial charge in [-0.1, -0.05) is 6.07 Å². The molecule has 1 aliphatic heterocycles. The SMILES string of the molecule is Cc1cc(CC(=O)Nc2ccc(-c3cncc(F)c3)cn2)c2c(c1)C(=O)N(C)C2=O. The second-order valence-corrected chi connectivity index (χ2v) is 7.06. The van der Waals surface area contributed by atoms with Crippen LogP contribution in [0.25, 0.3) is 11.1 Å². The zero-order valence-electron chi connectivity index (χ0n) is 16.3. The summed E-state index contributed by atoms with van der Waals surface area (Å²) in [6.07, 6.45) is 4.07. The van der Waals surface area contributed by atoms with Crippen LogP contribution in [0.2, 0.25) is 0 Å². The minimum Gasteiger partial charge on any atom is -0.310 e. The molecule has 4 rings (SSSR count). The second kappa shape index (κ2) is 7.47. The fraction of sp³-hybridized carbons (Fsp3) is 0.136. The normalized spacial score (nSPS) is 12.8. The number of carbonyl (C=O) groups is 3. The summed E-state index contributed by atoms with van der Waals surface area (Å²) in [5, 5.41) is 2.68. The molecule has 2 aromatic heterocycles. The summed E-state index contributed by atoms with van der Waals surface area (Å²) >= 11 is 0. The van der Waals surface area contributed by atoms with Gasteiger partial charge in [-0.3, -0.25) is 24.3 Å². The zero-order chi connectivity index (χ0) is 21.4. The largest absolute Gasteiger partial charge is 0.310 e. The van der Waals surface area contributed by atoms with E-state index in [0.29, 0.717) is 28.1 Å². The van der Waals surface area contributed by atoms with Crippen molar-refractivity contribution in [2.75, 3.05) is 12.4 Å². The Hall–Kier alpha value is -3.94. The molecular weight excluding hydrogens is 387 g/mol. The molecule has 1 aliphatic rings. The molecule has 3 aromatic rings. The van der Waals surface area contributed by atoms with Crippen molar-refractivity contribution < 1.29 is 18.8 Å². The third-order valence-electron chi connectivity index (χ3n) is 4.84. The molecule has 0 unspecified atom stereocenters. The lowest BCUT2D eigenvalue weighted by atomic mass is 9.97. The molecule has 3 heterocycles. The van der Waals surface area contributed by atoms with Crippen LogP contribution >= 0.6 is 0 Å². The average Bonchev–Trinajstić information content (AvgIpc) is 2.92. The number of aryl methyl sites for hydroxylation is 1. The lowest BCUT2D eigenvalue weighted by Crippen LogP contribution is -2.24. The molecule has 1 aromatic carbocycles. The van der Waals surface area contributed by atoms with Crippen molar-refractivity contribution in [2.45, 2.75) is 13.3 Å². The third kappa shape index (κ3) is 3.55. The summed E-state index contributed by atoms with van der Waals surface area (Å²) in [6, 6.07) is 8.02. The van der Waals surface area contributed by atoms with Crippen molar-refractivity contribution in [3.63, 3.8) is 0 Å². The van der Waals surface area contributed by atoms with Gasteiger partial charge in [0.1, 0.15) is 11.6 Å². The maximum absolute atomic E-state index is 13.3. The summed E-state index contributed by atoms with van der Waals surface area (Å²) in [6.45, 7) is 1.80. The Morgan fingerprint density at radius 2 is 1.87 bits per heavy atom. The van der Waals surface area contributed by atoms with Gasteiger partial charge in [0, 0.05) is 30.6 Å². The van der Waals surface area contributed by atoms with Crippen LogP contribution in [-0.4, -0.2) is 39.6 Å². The zero-order valence-corrected chi connectivity index (χ0v) is 16.3. The molecule has 150 valence electrons. The van der Waals surface area contributed by atoms with E-state index in [1.165, 1.54) is 25.5 Å². The topological polar surface area (TPSA) is 92.3 Å². The highest BCUT2D eigenvalue weighted by atomic mass is 19.1. The van der Waals surface area contributed by atoms with E-state index in [0.717, 1.165) is 16.7 Å². The van der Waals surface area contributed by atoms with E-state index in [4.69, 9.17) is 0 Å². The van der Waals surface area contributed by atoms with Gasteiger partial charge in [0.05, 0.1) is 23.7 Å². The number of anilines is 1. The van der Waals surface area contributed by atoms with Crippen LogP contribution in [-0.2, 0) is 11.2 Å². The number of halogens is 1. The van der Waals surface area contributed by atoms with E-state index in [1.807, 2.05) is 0 Å². The molecule has 1 N–H and O–H groups in total. The fourth-order valence-electron chi connectivity index (χ4n) is 3.43. The van der Waals surface area contributed by atoms with Gasteiger partial charge in [0.25, 0.3) is 11.8 Å². The predicted molar refractivity (Wildman–Crippen MR) is 107 cm³/mol. The van der Waals surface area contributed by atoms with E-state index >= 15 is 0 Å². The van der Waals surface area contributed by atoms with Crippen LogP contribution in [0.5, 0.6) is 0 Å². The number of fused-ring (bicyclic) bond motifs is 1. The number of hydrogen-bond acceptors (Lipinski definition) is 5. The van der Waals surface area contributed by atoms with Gasteiger partial charge >= 0.3 is 0 Å². The number of benzene rings is 1. The average molecular weight is 404 g/mol. The lowest BCUT2D eigenvalue weighted by molar-refractivity contribution is -0.115. The minimum absolute atomic E-state index is 0.0753. The quantitative estimate of drug-likeness (QED) is 0.675. The monoisotopic (exact) mass is 404 g/mol. The molecule has 0 spiro atoms. The molecule has 7 nitrogen and oxygen atoms in total. The number of nitrogens with one attached hydrogen (secondary N) is 1. The van der Waals surface area contributed by atoms with Crippen LogP contribution in [0.4, 0.5) is 10.2 Å². The second-order valence-electron chi connectivity index (χ2n) is 7.06. The van der Waals surface area contributed by atoms with Crippen LogP contribution in [0, 0.1) is 12.7 Å². The van der Waals surface area contributed by atoms with Gasteiger partial charge in [0.2, 0.25) is 5.91 Å². The number of carbonyl (C=O) groups excluding carboxylic acids is 3. The number of imide groups is 1. The minimum atomic E-state index is -0.450. The third-order valence-corrected chi connectivity index (χ3v) is 4.84. The Morgan fingerprint density at radius 1 is 1.07 bits per heavy atom. The Morgan fingerprint density at radius 3 is 2.57 bits per heavy atom. The van der Waals surface area contributed by atoms with Crippen molar-refractivity contribution in [1.29, 1.82) is 0 Å². The molecular formula is C22H17FN4O3. The van der Waals surface area contributed by atoms with Crippen LogP contribution < -0.4 is 5.32 Å². The first kappa shape index (κ1) is 19.4. The molecule has 3 amide bonds.